The maximum absolute atomic E-state index is 12.5. The predicted molar refractivity (Wildman–Crippen MR) is 62.5 cm³/mol. The van der Waals surface area contributed by atoms with Crippen LogP contribution in [-0.2, 0) is 18.0 Å². The smallest absolute Gasteiger partial charge is 0.297 e. The van der Waals surface area contributed by atoms with E-state index in [0.29, 0.717) is 18.7 Å². The molecule has 2 rings (SSSR count). The van der Waals surface area contributed by atoms with Crippen molar-refractivity contribution in [3.63, 3.8) is 0 Å². The number of anilines is 1. The summed E-state index contributed by atoms with van der Waals surface area (Å²) in [5, 5.41) is 3.39. The van der Waals surface area contributed by atoms with Gasteiger partial charge in [-0.2, -0.15) is 30.9 Å². The zero-order chi connectivity index (χ0) is 13.5. The summed E-state index contributed by atoms with van der Waals surface area (Å²) >= 11 is 4.11. The van der Waals surface area contributed by atoms with Crippen molar-refractivity contribution in [2.45, 2.75) is 12.6 Å². The van der Waals surface area contributed by atoms with Crippen molar-refractivity contribution in [3.05, 3.63) is 11.8 Å². The van der Waals surface area contributed by atoms with Crippen LogP contribution >= 0.6 is 12.6 Å². The summed E-state index contributed by atoms with van der Waals surface area (Å²) in [4.78, 5) is 13.1. The first kappa shape index (κ1) is 13.3. The standard InChI is InChI=1S/C10H12F3N3OS/c1-15-8(3-7(14-15)10(11,12)13)16-4-6(5-18)2-9(16)17/h3,6,18H,2,4-5H2,1H3. The van der Waals surface area contributed by atoms with E-state index in [0.717, 1.165) is 10.7 Å². The average Bonchev–Trinajstić information content (AvgIpc) is 2.81. The van der Waals surface area contributed by atoms with Crippen LogP contribution < -0.4 is 4.90 Å². The number of carbonyl (C=O) groups excluding carboxylic acids is 1. The van der Waals surface area contributed by atoms with Gasteiger partial charge in [0.25, 0.3) is 0 Å². The van der Waals surface area contributed by atoms with Crippen molar-refractivity contribution in [1.29, 1.82) is 0 Å². The van der Waals surface area contributed by atoms with Gasteiger partial charge in [-0.1, -0.05) is 0 Å². The van der Waals surface area contributed by atoms with Crippen LogP contribution in [0, 0.1) is 5.92 Å². The number of aryl methyl sites for hydroxylation is 1. The Morgan fingerprint density at radius 2 is 2.22 bits per heavy atom. The van der Waals surface area contributed by atoms with Crippen molar-refractivity contribution in [2.24, 2.45) is 13.0 Å². The Morgan fingerprint density at radius 3 is 2.67 bits per heavy atom. The second-order valence-electron chi connectivity index (χ2n) is 4.27. The summed E-state index contributed by atoms with van der Waals surface area (Å²) in [5.41, 5.74) is -0.984. The number of thiol groups is 1. The Bertz CT molecular complexity index is 471. The molecule has 1 amide bonds. The van der Waals surface area contributed by atoms with Crippen molar-refractivity contribution in [1.82, 2.24) is 9.78 Å². The molecule has 0 aliphatic carbocycles. The number of carbonyl (C=O) groups is 1. The molecule has 1 atom stereocenters. The van der Waals surface area contributed by atoms with Gasteiger partial charge in [-0.25, -0.2) is 0 Å². The molecular weight excluding hydrogens is 267 g/mol. The van der Waals surface area contributed by atoms with E-state index < -0.39 is 11.9 Å². The number of amides is 1. The first-order valence-electron chi connectivity index (χ1n) is 5.35. The molecule has 1 fully saturated rings. The first-order valence-corrected chi connectivity index (χ1v) is 5.98. The second-order valence-corrected chi connectivity index (χ2v) is 4.63. The molecule has 1 aliphatic heterocycles. The SMILES string of the molecule is Cn1nc(C(F)(F)F)cc1N1CC(CS)CC1=O. The highest BCUT2D eigenvalue weighted by Gasteiger charge is 2.37. The van der Waals surface area contributed by atoms with Crippen LogP contribution in [-0.4, -0.2) is 28.0 Å². The fourth-order valence-corrected chi connectivity index (χ4v) is 2.22. The summed E-state index contributed by atoms with van der Waals surface area (Å²) in [6, 6.07) is 0.902. The Hall–Kier alpha value is -1.18. The average molecular weight is 279 g/mol. The summed E-state index contributed by atoms with van der Waals surface area (Å²) < 4.78 is 38.6. The van der Waals surface area contributed by atoms with E-state index in [-0.39, 0.29) is 17.6 Å². The van der Waals surface area contributed by atoms with Crippen LogP contribution in [0.15, 0.2) is 6.07 Å². The molecule has 0 saturated carbocycles. The molecule has 1 aromatic rings. The van der Waals surface area contributed by atoms with Crippen LogP contribution in [0.25, 0.3) is 0 Å². The first-order chi connectivity index (χ1) is 8.32. The van der Waals surface area contributed by atoms with Crippen molar-refractivity contribution < 1.29 is 18.0 Å². The molecular formula is C10H12F3N3OS. The lowest BCUT2D eigenvalue weighted by Gasteiger charge is -2.15. The summed E-state index contributed by atoms with van der Waals surface area (Å²) in [5.74, 6) is 0.596. The van der Waals surface area contributed by atoms with Gasteiger partial charge < -0.3 is 0 Å². The minimum absolute atomic E-state index is 0.0741. The van der Waals surface area contributed by atoms with Crippen molar-refractivity contribution >= 4 is 24.4 Å². The summed E-state index contributed by atoms with van der Waals surface area (Å²) in [6.07, 6.45) is -4.18. The van der Waals surface area contributed by atoms with E-state index in [1.807, 2.05) is 0 Å². The van der Waals surface area contributed by atoms with Crippen LogP contribution in [0.4, 0.5) is 19.0 Å². The van der Waals surface area contributed by atoms with Crippen LogP contribution in [0.2, 0.25) is 0 Å². The molecule has 2 heterocycles. The van der Waals surface area contributed by atoms with E-state index in [2.05, 4.69) is 17.7 Å². The fraction of sp³-hybridized carbons (Fsp3) is 0.600. The third kappa shape index (κ3) is 2.33. The Morgan fingerprint density at radius 1 is 1.56 bits per heavy atom. The molecule has 1 saturated heterocycles. The topological polar surface area (TPSA) is 38.1 Å². The summed E-state index contributed by atoms with van der Waals surface area (Å²) in [6.45, 7) is 0.388. The number of nitrogens with zero attached hydrogens (tertiary/aromatic N) is 3. The molecule has 1 unspecified atom stereocenters. The Labute approximate surface area is 107 Å². The van der Waals surface area contributed by atoms with Crippen molar-refractivity contribution in [3.8, 4) is 0 Å². The molecule has 100 valence electrons. The van der Waals surface area contributed by atoms with E-state index in [4.69, 9.17) is 0 Å². The number of hydrogen-bond donors (Lipinski definition) is 1. The lowest BCUT2D eigenvalue weighted by Crippen LogP contribution is -2.26. The third-order valence-corrected chi connectivity index (χ3v) is 3.40. The maximum atomic E-state index is 12.5. The third-order valence-electron chi connectivity index (χ3n) is 2.89. The normalized spacial score (nSPS) is 20.8. The summed E-state index contributed by atoms with van der Waals surface area (Å²) in [7, 11) is 1.39. The molecule has 0 bridgehead atoms. The van der Waals surface area contributed by atoms with Crippen LogP contribution in [0.1, 0.15) is 12.1 Å². The number of halogens is 3. The van der Waals surface area contributed by atoms with E-state index >= 15 is 0 Å². The highest BCUT2D eigenvalue weighted by Crippen LogP contribution is 2.32. The van der Waals surface area contributed by atoms with Gasteiger partial charge in [0.05, 0.1) is 0 Å². The number of rotatable bonds is 2. The van der Waals surface area contributed by atoms with Gasteiger partial charge in [-0.05, 0) is 11.7 Å². The molecule has 0 radical (unpaired) electrons. The predicted octanol–water partition coefficient (Wildman–Crippen LogP) is 1.72. The van der Waals surface area contributed by atoms with Crippen molar-refractivity contribution in [2.75, 3.05) is 17.2 Å². The number of aromatic nitrogens is 2. The molecule has 0 N–H and O–H groups in total. The lowest BCUT2D eigenvalue weighted by molar-refractivity contribution is -0.141. The van der Waals surface area contributed by atoms with Gasteiger partial charge in [0.2, 0.25) is 5.91 Å². The van der Waals surface area contributed by atoms with Gasteiger partial charge in [-0.15, -0.1) is 0 Å². The van der Waals surface area contributed by atoms with E-state index in [9.17, 15) is 18.0 Å². The fourth-order valence-electron chi connectivity index (χ4n) is 1.97. The largest absolute Gasteiger partial charge is 0.435 e. The van der Waals surface area contributed by atoms with E-state index in [1.54, 1.807) is 0 Å². The van der Waals surface area contributed by atoms with Gasteiger partial charge in [0, 0.05) is 26.1 Å². The zero-order valence-electron chi connectivity index (χ0n) is 9.61. The monoisotopic (exact) mass is 279 g/mol. The number of alkyl halides is 3. The minimum atomic E-state index is -4.50. The molecule has 18 heavy (non-hydrogen) atoms. The van der Waals surface area contributed by atoms with Gasteiger partial charge in [0.15, 0.2) is 5.69 Å². The molecule has 1 aliphatic rings. The second kappa shape index (κ2) is 4.49. The van der Waals surface area contributed by atoms with Gasteiger partial charge in [0.1, 0.15) is 5.82 Å². The van der Waals surface area contributed by atoms with Gasteiger partial charge in [-0.3, -0.25) is 14.4 Å². The van der Waals surface area contributed by atoms with Gasteiger partial charge >= 0.3 is 6.18 Å². The molecule has 0 spiro atoms. The molecule has 1 aromatic heterocycles. The molecule has 4 nitrogen and oxygen atoms in total. The number of hydrogen-bond acceptors (Lipinski definition) is 3. The molecule has 8 heteroatoms. The van der Waals surface area contributed by atoms with Crippen LogP contribution in [0.3, 0.4) is 0 Å². The molecule has 0 aromatic carbocycles. The minimum Gasteiger partial charge on any atom is -0.297 e. The highest BCUT2D eigenvalue weighted by atomic mass is 32.1. The van der Waals surface area contributed by atoms with E-state index in [1.165, 1.54) is 11.9 Å². The van der Waals surface area contributed by atoms with Crippen LogP contribution in [0.5, 0.6) is 0 Å². The maximum Gasteiger partial charge on any atom is 0.435 e. The Kier molecular flexibility index (Phi) is 3.31. The lowest BCUT2D eigenvalue weighted by atomic mass is 10.1. The highest BCUT2D eigenvalue weighted by molar-refractivity contribution is 7.80. The Balaban J connectivity index is 2.29. The quantitative estimate of drug-likeness (QED) is 0.837. The zero-order valence-corrected chi connectivity index (χ0v) is 10.5.